The van der Waals surface area contributed by atoms with Crippen LogP contribution < -0.4 is 0 Å². The van der Waals surface area contributed by atoms with Crippen molar-refractivity contribution >= 4 is 10.8 Å². The monoisotopic (exact) mass is 366 g/mol. The summed E-state index contributed by atoms with van der Waals surface area (Å²) < 4.78 is 0. The molecule has 0 heteroatoms. The van der Waals surface area contributed by atoms with Crippen LogP contribution in [0.2, 0.25) is 0 Å². The standard InChI is InChI=1S/C28H30/c1-3-21-7-13-25(14-8-21)26-15-10-23(11-16-26)5-6-24-12-18-27-19-22(4-2)9-17-28(27)20-24/h9-12,15-21,25H,3-4,7-8,13-14H2,1-2H3. The number of aryl methyl sites for hydroxylation is 1. The molecule has 1 aliphatic carbocycles. The first kappa shape index (κ1) is 18.8. The number of hydrogen-bond donors (Lipinski definition) is 0. The second-order valence-electron chi connectivity index (χ2n) is 8.25. The summed E-state index contributed by atoms with van der Waals surface area (Å²) in [4.78, 5) is 0. The zero-order valence-electron chi connectivity index (χ0n) is 17.2. The third kappa shape index (κ3) is 4.31. The average Bonchev–Trinajstić information content (AvgIpc) is 2.77. The molecule has 4 rings (SSSR count). The summed E-state index contributed by atoms with van der Waals surface area (Å²) in [6, 6.07) is 22.2. The fourth-order valence-corrected chi connectivity index (χ4v) is 4.48. The minimum atomic E-state index is 0.748. The molecule has 3 aromatic rings. The molecule has 0 atom stereocenters. The second kappa shape index (κ2) is 8.66. The van der Waals surface area contributed by atoms with Crippen molar-refractivity contribution in [1.29, 1.82) is 0 Å². The van der Waals surface area contributed by atoms with Gasteiger partial charge in [-0.25, -0.2) is 0 Å². The minimum absolute atomic E-state index is 0.748. The van der Waals surface area contributed by atoms with Crippen LogP contribution in [0.5, 0.6) is 0 Å². The first-order valence-corrected chi connectivity index (χ1v) is 10.9. The molecule has 0 heterocycles. The second-order valence-corrected chi connectivity index (χ2v) is 8.25. The maximum atomic E-state index is 3.34. The molecule has 0 aromatic heterocycles. The molecule has 0 bridgehead atoms. The van der Waals surface area contributed by atoms with E-state index in [0.717, 1.165) is 29.4 Å². The Labute approximate surface area is 170 Å². The highest BCUT2D eigenvalue weighted by Crippen LogP contribution is 2.36. The highest BCUT2D eigenvalue weighted by atomic mass is 14.3. The summed E-state index contributed by atoms with van der Waals surface area (Å²) in [5.41, 5.74) is 5.07. The van der Waals surface area contributed by atoms with Gasteiger partial charge in [-0.05, 0) is 90.1 Å². The topological polar surface area (TPSA) is 0 Å². The lowest BCUT2D eigenvalue weighted by molar-refractivity contribution is 0.319. The molecular weight excluding hydrogens is 336 g/mol. The van der Waals surface area contributed by atoms with Crippen LogP contribution in [0.25, 0.3) is 10.8 Å². The van der Waals surface area contributed by atoms with E-state index in [-0.39, 0.29) is 0 Å². The van der Waals surface area contributed by atoms with Gasteiger partial charge in [-0.3, -0.25) is 0 Å². The van der Waals surface area contributed by atoms with Crippen molar-refractivity contribution in [3.63, 3.8) is 0 Å². The summed E-state index contributed by atoms with van der Waals surface area (Å²) in [6.45, 7) is 4.53. The lowest BCUT2D eigenvalue weighted by atomic mass is 9.78. The molecule has 1 aliphatic rings. The summed E-state index contributed by atoms with van der Waals surface area (Å²) in [6.07, 6.45) is 7.90. The largest absolute Gasteiger partial charge is 0.0651 e. The molecule has 0 saturated heterocycles. The lowest BCUT2D eigenvalue weighted by Gasteiger charge is -2.28. The Hall–Kier alpha value is -2.52. The van der Waals surface area contributed by atoms with E-state index in [1.54, 1.807) is 0 Å². The molecule has 0 amide bonds. The number of benzene rings is 3. The van der Waals surface area contributed by atoms with Crippen LogP contribution in [0, 0.1) is 17.8 Å². The van der Waals surface area contributed by atoms with E-state index >= 15 is 0 Å². The maximum Gasteiger partial charge on any atom is 0.0255 e. The van der Waals surface area contributed by atoms with E-state index in [4.69, 9.17) is 0 Å². The fraction of sp³-hybridized carbons (Fsp3) is 0.357. The van der Waals surface area contributed by atoms with E-state index in [1.165, 1.54) is 54.0 Å². The Bertz CT molecular complexity index is 990. The Morgan fingerprint density at radius 2 is 1.36 bits per heavy atom. The van der Waals surface area contributed by atoms with Gasteiger partial charge in [0.25, 0.3) is 0 Å². The predicted octanol–water partition coefficient (Wildman–Crippen LogP) is 7.49. The van der Waals surface area contributed by atoms with E-state index in [9.17, 15) is 0 Å². The molecule has 1 saturated carbocycles. The van der Waals surface area contributed by atoms with Crippen LogP contribution in [-0.4, -0.2) is 0 Å². The molecule has 0 aliphatic heterocycles. The van der Waals surface area contributed by atoms with Crippen LogP contribution in [0.4, 0.5) is 0 Å². The van der Waals surface area contributed by atoms with Gasteiger partial charge in [0.05, 0.1) is 0 Å². The Morgan fingerprint density at radius 3 is 2.07 bits per heavy atom. The molecule has 0 radical (unpaired) electrons. The predicted molar refractivity (Wildman–Crippen MR) is 121 cm³/mol. The molecule has 0 nitrogen and oxygen atoms in total. The van der Waals surface area contributed by atoms with Crippen molar-refractivity contribution in [2.75, 3.05) is 0 Å². The first-order chi connectivity index (χ1) is 13.7. The van der Waals surface area contributed by atoms with Crippen molar-refractivity contribution in [3.8, 4) is 11.8 Å². The molecule has 28 heavy (non-hydrogen) atoms. The highest BCUT2D eigenvalue weighted by molar-refractivity contribution is 5.84. The van der Waals surface area contributed by atoms with Gasteiger partial charge in [-0.15, -0.1) is 0 Å². The van der Waals surface area contributed by atoms with Crippen LogP contribution in [-0.2, 0) is 6.42 Å². The highest BCUT2D eigenvalue weighted by Gasteiger charge is 2.20. The Balaban J connectivity index is 1.46. The summed E-state index contributed by atoms with van der Waals surface area (Å²) in [5, 5.41) is 2.56. The fourth-order valence-electron chi connectivity index (χ4n) is 4.48. The Kier molecular flexibility index (Phi) is 5.82. The molecule has 0 unspecified atom stereocenters. The summed E-state index contributed by atoms with van der Waals surface area (Å²) >= 11 is 0. The quantitative estimate of drug-likeness (QED) is 0.421. The third-order valence-electron chi connectivity index (χ3n) is 6.47. The van der Waals surface area contributed by atoms with Crippen molar-refractivity contribution in [2.45, 2.75) is 58.3 Å². The summed E-state index contributed by atoms with van der Waals surface area (Å²) in [7, 11) is 0. The molecule has 1 fully saturated rings. The molecular formula is C28H30. The van der Waals surface area contributed by atoms with Crippen LogP contribution in [0.15, 0.2) is 60.7 Å². The Morgan fingerprint density at radius 1 is 0.714 bits per heavy atom. The lowest BCUT2D eigenvalue weighted by Crippen LogP contribution is -2.12. The zero-order valence-corrected chi connectivity index (χ0v) is 17.2. The van der Waals surface area contributed by atoms with E-state index in [0.29, 0.717) is 0 Å². The van der Waals surface area contributed by atoms with Crippen molar-refractivity contribution < 1.29 is 0 Å². The van der Waals surface area contributed by atoms with Crippen LogP contribution in [0.1, 0.15) is 74.1 Å². The summed E-state index contributed by atoms with van der Waals surface area (Å²) in [5.74, 6) is 8.39. The van der Waals surface area contributed by atoms with Gasteiger partial charge >= 0.3 is 0 Å². The molecule has 142 valence electrons. The normalized spacial score (nSPS) is 19.2. The number of hydrogen-bond acceptors (Lipinski definition) is 0. The van der Waals surface area contributed by atoms with E-state index < -0.39 is 0 Å². The zero-order chi connectivity index (χ0) is 19.3. The van der Waals surface area contributed by atoms with Crippen LogP contribution in [0.3, 0.4) is 0 Å². The van der Waals surface area contributed by atoms with Crippen molar-refractivity contribution in [1.82, 2.24) is 0 Å². The number of fused-ring (bicyclic) bond motifs is 1. The van der Waals surface area contributed by atoms with Gasteiger partial charge in [0, 0.05) is 11.1 Å². The number of rotatable bonds is 3. The van der Waals surface area contributed by atoms with Gasteiger partial charge in [-0.1, -0.05) is 68.5 Å². The van der Waals surface area contributed by atoms with Gasteiger partial charge in [0.15, 0.2) is 0 Å². The van der Waals surface area contributed by atoms with Gasteiger partial charge in [0.2, 0.25) is 0 Å². The van der Waals surface area contributed by atoms with Crippen molar-refractivity contribution in [3.05, 3.63) is 82.9 Å². The van der Waals surface area contributed by atoms with Gasteiger partial charge in [-0.2, -0.15) is 0 Å². The average molecular weight is 367 g/mol. The van der Waals surface area contributed by atoms with E-state index in [2.05, 4.69) is 86.4 Å². The smallest absolute Gasteiger partial charge is 0.0255 e. The minimum Gasteiger partial charge on any atom is -0.0651 e. The third-order valence-corrected chi connectivity index (χ3v) is 6.47. The first-order valence-electron chi connectivity index (χ1n) is 10.9. The maximum absolute atomic E-state index is 3.34. The molecule has 0 spiro atoms. The van der Waals surface area contributed by atoms with Crippen molar-refractivity contribution in [2.24, 2.45) is 5.92 Å². The molecule has 3 aromatic carbocycles. The molecule has 0 N–H and O–H groups in total. The van der Waals surface area contributed by atoms with E-state index in [1.807, 2.05) is 0 Å². The van der Waals surface area contributed by atoms with Gasteiger partial charge < -0.3 is 0 Å². The van der Waals surface area contributed by atoms with Crippen LogP contribution >= 0.6 is 0 Å². The van der Waals surface area contributed by atoms with Gasteiger partial charge in [0.1, 0.15) is 0 Å². The SMILES string of the molecule is CCc1ccc2cc(C#Cc3ccc(C4CCC(CC)CC4)cc3)ccc2c1.